The van der Waals surface area contributed by atoms with Crippen LogP contribution in [0.2, 0.25) is 0 Å². The Morgan fingerprint density at radius 3 is 2.68 bits per heavy atom. The maximum absolute atomic E-state index is 12.3. The average molecular weight is 353 g/mol. The highest BCUT2D eigenvalue weighted by Gasteiger charge is 2.26. The molecule has 5 nitrogen and oxygen atoms in total. The Morgan fingerprint density at radius 2 is 1.88 bits per heavy atom. The summed E-state index contributed by atoms with van der Waals surface area (Å²) in [5.41, 5.74) is 1.29. The third kappa shape index (κ3) is 5.23. The zero-order valence-electron chi connectivity index (χ0n) is 13.5. The van der Waals surface area contributed by atoms with Gasteiger partial charge in [-0.25, -0.2) is 9.97 Å². The van der Waals surface area contributed by atoms with Gasteiger partial charge >= 0.3 is 6.18 Å². The van der Waals surface area contributed by atoms with E-state index in [4.69, 9.17) is 9.47 Å². The quantitative estimate of drug-likeness (QED) is 0.887. The number of nitrogens with one attached hydrogen (secondary N) is 1. The lowest BCUT2D eigenvalue weighted by Crippen LogP contribution is -2.10. The van der Waals surface area contributed by atoms with E-state index >= 15 is 0 Å². The van der Waals surface area contributed by atoms with E-state index in [2.05, 4.69) is 15.3 Å². The number of fused-ring (bicyclic) bond motifs is 1. The van der Waals surface area contributed by atoms with Crippen LogP contribution in [-0.4, -0.2) is 29.4 Å². The van der Waals surface area contributed by atoms with Gasteiger partial charge in [-0.2, -0.15) is 13.2 Å². The molecular formula is C17H18F3N3O2. The molecule has 2 aromatic rings. The molecule has 1 aliphatic rings. The van der Waals surface area contributed by atoms with E-state index in [-0.39, 0.29) is 6.42 Å². The number of hydrogen-bond acceptors (Lipinski definition) is 5. The fourth-order valence-electron chi connectivity index (χ4n) is 2.39. The Balaban J connectivity index is 1.61. The van der Waals surface area contributed by atoms with Gasteiger partial charge in [0.1, 0.15) is 0 Å². The number of alkyl halides is 3. The van der Waals surface area contributed by atoms with Crippen LogP contribution in [0.15, 0.2) is 30.5 Å². The van der Waals surface area contributed by atoms with E-state index in [1.54, 1.807) is 0 Å². The second-order valence-corrected chi connectivity index (χ2v) is 5.67. The molecule has 25 heavy (non-hydrogen) atoms. The molecule has 1 N–H and O–H groups in total. The fraction of sp³-hybridized carbons (Fsp3) is 0.412. The predicted molar refractivity (Wildman–Crippen MR) is 85.8 cm³/mol. The van der Waals surface area contributed by atoms with Crippen LogP contribution in [-0.2, 0) is 13.0 Å². The first-order valence-electron chi connectivity index (χ1n) is 8.01. The summed E-state index contributed by atoms with van der Waals surface area (Å²) in [5.74, 6) is 1.70. The zero-order valence-corrected chi connectivity index (χ0v) is 13.5. The fourth-order valence-corrected chi connectivity index (χ4v) is 2.39. The van der Waals surface area contributed by atoms with Gasteiger partial charge in [-0.15, -0.1) is 0 Å². The molecule has 134 valence electrons. The van der Waals surface area contributed by atoms with Gasteiger partial charge in [0, 0.05) is 31.3 Å². The number of rotatable bonds is 5. The van der Waals surface area contributed by atoms with Gasteiger partial charge in [-0.05, 0) is 30.2 Å². The Kier molecular flexibility index (Phi) is 5.25. The van der Waals surface area contributed by atoms with Crippen LogP contribution in [0.25, 0.3) is 0 Å². The number of anilines is 1. The van der Waals surface area contributed by atoms with Crippen molar-refractivity contribution < 1.29 is 22.6 Å². The van der Waals surface area contributed by atoms with E-state index in [0.29, 0.717) is 42.9 Å². The van der Waals surface area contributed by atoms with Crippen LogP contribution in [0.3, 0.4) is 0 Å². The number of aryl methyl sites for hydroxylation is 1. The molecule has 2 heterocycles. The molecule has 0 atom stereocenters. The molecule has 8 heteroatoms. The molecule has 0 unspecified atom stereocenters. The van der Waals surface area contributed by atoms with Crippen molar-refractivity contribution in [3.63, 3.8) is 0 Å². The third-order valence-electron chi connectivity index (χ3n) is 3.64. The van der Waals surface area contributed by atoms with E-state index in [1.165, 1.54) is 12.3 Å². The Bertz CT molecular complexity index is 723. The molecule has 3 rings (SSSR count). The first-order valence-corrected chi connectivity index (χ1v) is 8.01. The van der Waals surface area contributed by atoms with Crippen molar-refractivity contribution in [3.8, 4) is 11.5 Å². The molecule has 0 aliphatic carbocycles. The smallest absolute Gasteiger partial charge is 0.389 e. The summed E-state index contributed by atoms with van der Waals surface area (Å²) in [6, 6.07) is 7.11. The van der Waals surface area contributed by atoms with Gasteiger partial charge in [0.25, 0.3) is 0 Å². The highest BCUT2D eigenvalue weighted by Crippen LogP contribution is 2.30. The monoisotopic (exact) mass is 353 g/mol. The highest BCUT2D eigenvalue weighted by molar-refractivity contribution is 5.44. The third-order valence-corrected chi connectivity index (χ3v) is 3.64. The van der Waals surface area contributed by atoms with E-state index in [1.807, 2.05) is 18.2 Å². The Hall–Kier alpha value is -2.51. The highest BCUT2D eigenvalue weighted by atomic mass is 19.4. The second-order valence-electron chi connectivity index (χ2n) is 5.67. The molecule has 0 fully saturated rings. The molecule has 0 amide bonds. The van der Waals surface area contributed by atoms with Gasteiger partial charge in [-0.1, -0.05) is 6.07 Å². The van der Waals surface area contributed by atoms with Gasteiger partial charge < -0.3 is 14.8 Å². The van der Waals surface area contributed by atoms with Crippen molar-refractivity contribution in [1.82, 2.24) is 9.97 Å². The van der Waals surface area contributed by atoms with Crippen molar-refractivity contribution in [2.75, 3.05) is 18.5 Å². The van der Waals surface area contributed by atoms with Crippen molar-refractivity contribution in [2.24, 2.45) is 0 Å². The van der Waals surface area contributed by atoms with Gasteiger partial charge in [0.05, 0.1) is 13.2 Å². The van der Waals surface area contributed by atoms with Crippen LogP contribution in [0, 0.1) is 0 Å². The summed E-state index contributed by atoms with van der Waals surface area (Å²) in [5, 5.41) is 3.02. The standard InChI is InChI=1S/C17H18F3N3O2/c18-17(19,20)6-4-13-5-7-21-16(23-13)22-11-12-2-3-14-15(10-12)25-9-1-8-24-14/h2-3,5,7,10H,1,4,6,8-9,11H2,(H,21,22,23). The van der Waals surface area contributed by atoms with Crippen LogP contribution in [0.4, 0.5) is 19.1 Å². The molecule has 1 aromatic carbocycles. The first-order chi connectivity index (χ1) is 12.0. The summed E-state index contributed by atoms with van der Waals surface area (Å²) in [7, 11) is 0. The zero-order chi connectivity index (χ0) is 17.7. The number of benzene rings is 1. The van der Waals surface area contributed by atoms with E-state index in [9.17, 15) is 13.2 Å². The van der Waals surface area contributed by atoms with Crippen molar-refractivity contribution in [2.45, 2.75) is 32.0 Å². The lowest BCUT2D eigenvalue weighted by atomic mass is 10.2. The van der Waals surface area contributed by atoms with Gasteiger partial charge in [-0.3, -0.25) is 0 Å². The predicted octanol–water partition coefficient (Wildman–Crippen LogP) is 3.74. The van der Waals surface area contributed by atoms with Crippen molar-refractivity contribution >= 4 is 5.95 Å². The molecule has 0 saturated carbocycles. The van der Waals surface area contributed by atoms with Crippen molar-refractivity contribution in [1.29, 1.82) is 0 Å². The first kappa shape index (κ1) is 17.3. The number of hydrogen-bond donors (Lipinski definition) is 1. The molecule has 0 spiro atoms. The molecule has 1 aliphatic heterocycles. The minimum Gasteiger partial charge on any atom is -0.490 e. The largest absolute Gasteiger partial charge is 0.490 e. The molecule has 1 aromatic heterocycles. The number of ether oxygens (including phenoxy) is 2. The maximum Gasteiger partial charge on any atom is 0.389 e. The van der Waals surface area contributed by atoms with Crippen molar-refractivity contribution in [3.05, 3.63) is 41.7 Å². The molecule has 0 bridgehead atoms. The van der Waals surface area contributed by atoms with Crippen LogP contribution < -0.4 is 14.8 Å². The summed E-state index contributed by atoms with van der Waals surface area (Å²) < 4.78 is 48.1. The minimum atomic E-state index is -4.19. The molecule has 0 radical (unpaired) electrons. The summed E-state index contributed by atoms with van der Waals surface area (Å²) >= 11 is 0. The van der Waals surface area contributed by atoms with E-state index < -0.39 is 12.6 Å². The number of aromatic nitrogens is 2. The van der Waals surface area contributed by atoms with Gasteiger partial charge in [0.15, 0.2) is 11.5 Å². The van der Waals surface area contributed by atoms with Crippen LogP contribution in [0.1, 0.15) is 24.1 Å². The minimum absolute atomic E-state index is 0.162. The lowest BCUT2D eigenvalue weighted by Gasteiger charge is -2.11. The van der Waals surface area contributed by atoms with Crippen LogP contribution >= 0.6 is 0 Å². The Morgan fingerprint density at radius 1 is 1.08 bits per heavy atom. The summed E-state index contributed by atoms with van der Waals surface area (Å²) in [6.07, 6.45) is -2.96. The summed E-state index contributed by atoms with van der Waals surface area (Å²) in [4.78, 5) is 8.16. The maximum atomic E-state index is 12.3. The van der Waals surface area contributed by atoms with E-state index in [0.717, 1.165) is 12.0 Å². The summed E-state index contributed by atoms with van der Waals surface area (Å²) in [6.45, 7) is 1.66. The number of nitrogens with zero attached hydrogens (tertiary/aromatic N) is 2. The Labute approximate surface area is 143 Å². The number of halogens is 3. The van der Waals surface area contributed by atoms with Crippen LogP contribution in [0.5, 0.6) is 11.5 Å². The average Bonchev–Trinajstić information content (AvgIpc) is 2.83. The van der Waals surface area contributed by atoms with Gasteiger partial charge in [0.2, 0.25) is 5.95 Å². The second kappa shape index (κ2) is 7.58. The normalized spacial score (nSPS) is 14.0. The topological polar surface area (TPSA) is 56.3 Å². The molecule has 0 saturated heterocycles. The lowest BCUT2D eigenvalue weighted by molar-refractivity contribution is -0.134. The SMILES string of the molecule is FC(F)(F)CCc1ccnc(NCc2ccc3c(c2)OCCCO3)n1. The molecular weight excluding hydrogens is 335 g/mol.